The Labute approximate surface area is 177 Å². The third kappa shape index (κ3) is 5.76. The predicted molar refractivity (Wildman–Crippen MR) is 118 cm³/mol. The largest absolute Gasteiger partial charge is 0.493 e. The average molecular weight is 409 g/mol. The Hall–Kier alpha value is -3.48. The smallest absolute Gasteiger partial charge is 0.226 e. The highest BCUT2D eigenvalue weighted by Crippen LogP contribution is 2.28. The molecule has 0 aliphatic carbocycles. The quantitative estimate of drug-likeness (QED) is 0.411. The van der Waals surface area contributed by atoms with E-state index in [1.165, 1.54) is 0 Å². The number of hydrogen-bond donors (Lipinski definition) is 2. The van der Waals surface area contributed by atoms with Crippen molar-refractivity contribution >= 4 is 5.96 Å². The number of guanidine groups is 1. The van der Waals surface area contributed by atoms with E-state index in [-0.39, 0.29) is 0 Å². The lowest BCUT2D eigenvalue weighted by Gasteiger charge is -2.14. The SMILES string of the molecule is CCCOc1ccc(CNC(=NC)NCc2coc(-c3ccccc3)n2)cc1OC. The minimum absolute atomic E-state index is 0.503. The van der Waals surface area contributed by atoms with Crippen LogP contribution in [0.2, 0.25) is 0 Å². The Kier molecular flexibility index (Phi) is 7.71. The predicted octanol–water partition coefficient (Wildman–Crippen LogP) is 4.00. The van der Waals surface area contributed by atoms with Gasteiger partial charge in [0.25, 0.3) is 0 Å². The van der Waals surface area contributed by atoms with Gasteiger partial charge in [0.15, 0.2) is 17.5 Å². The third-order valence-electron chi connectivity index (χ3n) is 4.38. The molecule has 0 saturated carbocycles. The summed E-state index contributed by atoms with van der Waals surface area (Å²) in [4.78, 5) is 8.78. The summed E-state index contributed by atoms with van der Waals surface area (Å²) in [5.41, 5.74) is 2.81. The second-order valence-corrected chi connectivity index (χ2v) is 6.62. The van der Waals surface area contributed by atoms with Crippen molar-refractivity contribution in [2.75, 3.05) is 20.8 Å². The summed E-state index contributed by atoms with van der Waals surface area (Å²) in [6, 6.07) is 15.7. The van der Waals surface area contributed by atoms with E-state index < -0.39 is 0 Å². The number of nitrogens with one attached hydrogen (secondary N) is 2. The van der Waals surface area contributed by atoms with Gasteiger partial charge in [0.1, 0.15) is 6.26 Å². The van der Waals surface area contributed by atoms with Crippen molar-refractivity contribution in [2.24, 2.45) is 4.99 Å². The summed E-state index contributed by atoms with van der Waals surface area (Å²) >= 11 is 0. The fourth-order valence-electron chi connectivity index (χ4n) is 2.84. The normalized spacial score (nSPS) is 11.2. The van der Waals surface area contributed by atoms with Crippen LogP contribution in [0.15, 0.2) is 64.2 Å². The van der Waals surface area contributed by atoms with E-state index in [0.717, 1.165) is 34.7 Å². The molecule has 3 aromatic rings. The average Bonchev–Trinajstić information content (AvgIpc) is 3.27. The molecule has 0 amide bonds. The zero-order valence-electron chi connectivity index (χ0n) is 17.6. The molecule has 7 nitrogen and oxygen atoms in total. The molecule has 2 N–H and O–H groups in total. The molecule has 0 aliphatic heterocycles. The van der Waals surface area contributed by atoms with Crippen LogP contribution in [-0.2, 0) is 13.1 Å². The van der Waals surface area contributed by atoms with Crippen molar-refractivity contribution in [2.45, 2.75) is 26.4 Å². The van der Waals surface area contributed by atoms with Crippen molar-refractivity contribution in [1.29, 1.82) is 0 Å². The Bertz CT molecular complexity index is 954. The molecule has 0 bridgehead atoms. The van der Waals surface area contributed by atoms with Crippen LogP contribution in [0.3, 0.4) is 0 Å². The van der Waals surface area contributed by atoms with Crippen LogP contribution < -0.4 is 20.1 Å². The van der Waals surface area contributed by atoms with Crippen molar-refractivity contribution in [3.63, 3.8) is 0 Å². The summed E-state index contributed by atoms with van der Waals surface area (Å²) in [7, 11) is 3.38. The maximum atomic E-state index is 5.70. The third-order valence-corrected chi connectivity index (χ3v) is 4.38. The van der Waals surface area contributed by atoms with Gasteiger partial charge in [0.05, 0.1) is 26.0 Å². The van der Waals surface area contributed by atoms with Gasteiger partial charge in [-0.1, -0.05) is 31.2 Å². The molecule has 0 radical (unpaired) electrons. The fourth-order valence-corrected chi connectivity index (χ4v) is 2.84. The van der Waals surface area contributed by atoms with Crippen LogP contribution in [0.25, 0.3) is 11.5 Å². The fraction of sp³-hybridized carbons (Fsp3) is 0.304. The van der Waals surface area contributed by atoms with Crippen LogP contribution in [-0.4, -0.2) is 31.7 Å². The Morgan fingerprint density at radius 2 is 1.87 bits per heavy atom. The monoisotopic (exact) mass is 408 g/mol. The first-order chi connectivity index (χ1) is 14.7. The van der Waals surface area contributed by atoms with Gasteiger partial charge in [-0.05, 0) is 36.2 Å². The maximum Gasteiger partial charge on any atom is 0.226 e. The van der Waals surface area contributed by atoms with Crippen molar-refractivity contribution < 1.29 is 13.9 Å². The van der Waals surface area contributed by atoms with Crippen LogP contribution >= 0.6 is 0 Å². The van der Waals surface area contributed by atoms with Gasteiger partial charge in [-0.25, -0.2) is 4.98 Å². The minimum Gasteiger partial charge on any atom is -0.493 e. The zero-order valence-corrected chi connectivity index (χ0v) is 17.6. The topological polar surface area (TPSA) is 80.9 Å². The summed E-state index contributed by atoms with van der Waals surface area (Å²) < 4.78 is 16.7. The lowest BCUT2D eigenvalue weighted by molar-refractivity contribution is 0.294. The van der Waals surface area contributed by atoms with Gasteiger partial charge in [-0.3, -0.25) is 4.99 Å². The molecule has 7 heteroatoms. The molecular weight excluding hydrogens is 380 g/mol. The molecule has 30 heavy (non-hydrogen) atoms. The number of aliphatic imine (C=N–C) groups is 1. The van der Waals surface area contributed by atoms with E-state index in [4.69, 9.17) is 13.9 Å². The van der Waals surface area contributed by atoms with Gasteiger partial charge >= 0.3 is 0 Å². The lowest BCUT2D eigenvalue weighted by Crippen LogP contribution is -2.36. The Morgan fingerprint density at radius 3 is 2.60 bits per heavy atom. The van der Waals surface area contributed by atoms with E-state index in [2.05, 4.69) is 27.5 Å². The van der Waals surface area contributed by atoms with E-state index in [1.54, 1.807) is 20.4 Å². The number of methoxy groups -OCH3 is 1. The first kappa shape index (κ1) is 21.2. The minimum atomic E-state index is 0.503. The molecule has 0 atom stereocenters. The summed E-state index contributed by atoms with van der Waals surface area (Å²) in [6.45, 7) is 3.84. The van der Waals surface area contributed by atoms with Crippen molar-refractivity contribution in [3.05, 3.63) is 66.1 Å². The molecule has 2 aromatic carbocycles. The van der Waals surface area contributed by atoms with Crippen LogP contribution in [0.4, 0.5) is 0 Å². The standard InChI is InChI=1S/C23H28N4O3/c1-4-12-29-20-11-10-17(13-21(20)28-3)14-25-23(24-2)26-15-19-16-30-22(27-19)18-8-6-5-7-9-18/h5-11,13,16H,4,12,14-15H2,1-3H3,(H2,24,25,26). The molecule has 0 saturated heterocycles. The summed E-state index contributed by atoms with van der Waals surface area (Å²) in [5.74, 6) is 2.75. The molecule has 1 heterocycles. The molecule has 3 rings (SSSR count). The number of hydrogen-bond acceptors (Lipinski definition) is 5. The van der Waals surface area contributed by atoms with E-state index in [1.807, 2.05) is 48.5 Å². The number of ether oxygens (including phenoxy) is 2. The molecule has 158 valence electrons. The number of nitrogens with zero attached hydrogens (tertiary/aromatic N) is 2. The van der Waals surface area contributed by atoms with E-state index >= 15 is 0 Å². The van der Waals surface area contributed by atoms with Crippen molar-refractivity contribution in [1.82, 2.24) is 15.6 Å². The molecule has 0 unspecified atom stereocenters. The molecule has 0 fully saturated rings. The molecular formula is C23H28N4O3. The zero-order chi connectivity index (χ0) is 21.2. The Morgan fingerprint density at radius 1 is 1.07 bits per heavy atom. The van der Waals surface area contributed by atoms with Crippen LogP contribution in [0.5, 0.6) is 11.5 Å². The van der Waals surface area contributed by atoms with Crippen LogP contribution in [0.1, 0.15) is 24.6 Å². The maximum absolute atomic E-state index is 5.70. The Balaban J connectivity index is 1.53. The molecule has 0 spiro atoms. The van der Waals surface area contributed by atoms with E-state index in [0.29, 0.717) is 31.5 Å². The first-order valence-electron chi connectivity index (χ1n) is 9.97. The van der Waals surface area contributed by atoms with Gasteiger partial charge in [0.2, 0.25) is 5.89 Å². The van der Waals surface area contributed by atoms with Gasteiger partial charge < -0.3 is 24.5 Å². The summed E-state index contributed by atoms with van der Waals surface area (Å²) in [6.07, 6.45) is 2.61. The second-order valence-electron chi connectivity index (χ2n) is 6.62. The van der Waals surface area contributed by atoms with Crippen molar-refractivity contribution in [3.8, 4) is 23.0 Å². The lowest BCUT2D eigenvalue weighted by atomic mass is 10.2. The molecule has 0 aliphatic rings. The van der Waals surface area contributed by atoms with Gasteiger partial charge in [-0.2, -0.15) is 0 Å². The number of aromatic nitrogens is 1. The van der Waals surface area contributed by atoms with Gasteiger partial charge in [-0.15, -0.1) is 0 Å². The van der Waals surface area contributed by atoms with Gasteiger partial charge in [0, 0.05) is 19.2 Å². The van der Waals surface area contributed by atoms with Crippen LogP contribution in [0, 0.1) is 0 Å². The number of oxazole rings is 1. The number of benzene rings is 2. The number of rotatable bonds is 9. The summed E-state index contributed by atoms with van der Waals surface area (Å²) in [5, 5.41) is 6.54. The highest BCUT2D eigenvalue weighted by molar-refractivity contribution is 5.79. The highest BCUT2D eigenvalue weighted by Gasteiger charge is 2.08. The molecule has 1 aromatic heterocycles. The first-order valence-corrected chi connectivity index (χ1v) is 9.97. The van der Waals surface area contributed by atoms with E-state index in [9.17, 15) is 0 Å². The highest BCUT2D eigenvalue weighted by atomic mass is 16.5. The second kappa shape index (κ2) is 10.9.